The summed E-state index contributed by atoms with van der Waals surface area (Å²) in [7, 11) is 5.06. The third-order valence-corrected chi connectivity index (χ3v) is 7.76. The Morgan fingerprint density at radius 3 is 2.33 bits per heavy atom. The Morgan fingerprint density at radius 1 is 1.05 bits per heavy atom. The van der Waals surface area contributed by atoms with E-state index in [0.29, 0.717) is 51.0 Å². The average molecular weight is 552 g/mol. The van der Waals surface area contributed by atoms with Crippen molar-refractivity contribution in [1.29, 1.82) is 0 Å². The van der Waals surface area contributed by atoms with Crippen LogP contribution in [0.4, 0.5) is 0 Å². The number of nitrogens with one attached hydrogen (secondary N) is 1. The van der Waals surface area contributed by atoms with E-state index in [-0.39, 0.29) is 17.2 Å². The molecule has 1 fully saturated rings. The number of aliphatic hydroxyl groups excluding tert-OH is 1. The highest BCUT2D eigenvalue weighted by atomic mass is 16.5. The summed E-state index contributed by atoms with van der Waals surface area (Å²) in [6, 6.07) is 6.14. The molecule has 1 aliphatic rings. The van der Waals surface area contributed by atoms with Gasteiger partial charge in [0.25, 0.3) is 0 Å². The van der Waals surface area contributed by atoms with Gasteiger partial charge in [0, 0.05) is 45.1 Å². The molecule has 7 nitrogen and oxygen atoms in total. The summed E-state index contributed by atoms with van der Waals surface area (Å²) in [6.07, 6.45) is 6.28. The Hall–Kier alpha value is -1.83. The molecule has 0 spiro atoms. The van der Waals surface area contributed by atoms with E-state index in [2.05, 4.69) is 31.3 Å². The molecule has 0 saturated heterocycles. The van der Waals surface area contributed by atoms with Crippen molar-refractivity contribution in [1.82, 2.24) is 5.32 Å². The van der Waals surface area contributed by atoms with Crippen LogP contribution in [-0.2, 0) is 20.7 Å². The van der Waals surface area contributed by atoms with E-state index in [1.165, 1.54) is 5.56 Å². The molecule has 2 N–H and O–H groups in total. The van der Waals surface area contributed by atoms with Gasteiger partial charge in [-0.25, -0.2) is 0 Å². The van der Waals surface area contributed by atoms with Crippen LogP contribution in [0, 0.1) is 23.2 Å². The molecular weight excluding hydrogens is 494 g/mol. The maximum absolute atomic E-state index is 12.8. The molecule has 0 radical (unpaired) electrons. The fraction of sp³-hybridized carbons (Fsp3) is 0.781. The summed E-state index contributed by atoms with van der Waals surface area (Å²) < 4.78 is 21.8. The van der Waals surface area contributed by atoms with E-state index in [0.717, 1.165) is 50.0 Å². The first-order valence-electron chi connectivity index (χ1n) is 15.0. The number of benzene rings is 1. The predicted octanol–water partition coefficient (Wildman–Crippen LogP) is 6.05. The molecule has 0 bridgehead atoms. The number of aliphatic hydroxyl groups is 1. The molecule has 1 unspecified atom stereocenters. The molecule has 39 heavy (non-hydrogen) atoms. The first-order chi connectivity index (χ1) is 18.8. The maximum atomic E-state index is 12.8. The number of methoxy groups -OCH3 is 3. The summed E-state index contributed by atoms with van der Waals surface area (Å²) in [5.74, 6) is 2.28. The van der Waals surface area contributed by atoms with Crippen molar-refractivity contribution in [2.24, 2.45) is 23.2 Å². The van der Waals surface area contributed by atoms with Crippen LogP contribution >= 0.6 is 0 Å². The van der Waals surface area contributed by atoms with Crippen LogP contribution in [-0.4, -0.2) is 64.8 Å². The summed E-state index contributed by atoms with van der Waals surface area (Å²) in [4.78, 5) is 12.8. The molecule has 7 heteroatoms. The minimum absolute atomic E-state index is 0.0561. The lowest BCUT2D eigenvalue weighted by molar-refractivity contribution is -0.126. The van der Waals surface area contributed by atoms with Crippen LogP contribution in [0.5, 0.6) is 11.5 Å². The second-order valence-corrected chi connectivity index (χ2v) is 11.1. The lowest BCUT2D eigenvalue weighted by atomic mass is 9.83. The minimum atomic E-state index is -0.485. The van der Waals surface area contributed by atoms with E-state index < -0.39 is 6.10 Å². The van der Waals surface area contributed by atoms with Gasteiger partial charge in [-0.15, -0.1) is 0 Å². The number of carbonyl (C=O) groups excluding carboxylic acids is 1. The van der Waals surface area contributed by atoms with Gasteiger partial charge in [0.1, 0.15) is 0 Å². The predicted molar refractivity (Wildman–Crippen MR) is 159 cm³/mol. The third-order valence-electron chi connectivity index (χ3n) is 7.76. The monoisotopic (exact) mass is 551 g/mol. The van der Waals surface area contributed by atoms with Crippen LogP contribution in [0.15, 0.2) is 18.2 Å². The second-order valence-electron chi connectivity index (χ2n) is 11.1. The highest BCUT2D eigenvalue weighted by Crippen LogP contribution is 2.45. The number of hydrogen-bond acceptors (Lipinski definition) is 6. The van der Waals surface area contributed by atoms with Crippen molar-refractivity contribution < 1.29 is 28.8 Å². The molecule has 0 heterocycles. The molecular formula is C32H57NO6. The van der Waals surface area contributed by atoms with E-state index >= 15 is 0 Å². The molecule has 1 amide bonds. The largest absolute Gasteiger partial charge is 0.493 e. The molecule has 1 aromatic carbocycles. The minimum Gasteiger partial charge on any atom is -0.493 e. The van der Waals surface area contributed by atoms with Gasteiger partial charge >= 0.3 is 0 Å². The highest BCUT2D eigenvalue weighted by molar-refractivity contribution is 5.78. The van der Waals surface area contributed by atoms with Gasteiger partial charge in [0.15, 0.2) is 11.5 Å². The number of carbonyl (C=O) groups is 1. The first kappa shape index (κ1) is 35.2. The van der Waals surface area contributed by atoms with Gasteiger partial charge in [0.2, 0.25) is 5.91 Å². The van der Waals surface area contributed by atoms with Crippen molar-refractivity contribution in [3.8, 4) is 11.5 Å². The highest BCUT2D eigenvalue weighted by Gasteiger charge is 2.43. The Kier molecular flexibility index (Phi) is 17.4. The van der Waals surface area contributed by atoms with Gasteiger partial charge in [0.05, 0.1) is 26.4 Å². The van der Waals surface area contributed by atoms with Crippen molar-refractivity contribution >= 4 is 5.91 Å². The van der Waals surface area contributed by atoms with E-state index in [4.69, 9.17) is 18.9 Å². The molecule has 2 rings (SSSR count). The third kappa shape index (κ3) is 12.9. The van der Waals surface area contributed by atoms with Gasteiger partial charge in [-0.2, -0.15) is 0 Å². The number of ether oxygens (including phenoxy) is 4. The normalized spacial score (nSPS) is 16.1. The van der Waals surface area contributed by atoms with Crippen LogP contribution in [0.1, 0.15) is 85.1 Å². The van der Waals surface area contributed by atoms with Crippen molar-refractivity contribution in [3.63, 3.8) is 0 Å². The molecule has 226 valence electrons. The zero-order valence-electron chi connectivity index (χ0n) is 26.0. The lowest BCUT2D eigenvalue weighted by Gasteiger charge is -2.25. The Balaban J connectivity index is 0.00000371. The van der Waals surface area contributed by atoms with E-state index in [9.17, 15) is 9.90 Å². The van der Waals surface area contributed by atoms with Crippen LogP contribution < -0.4 is 14.8 Å². The van der Waals surface area contributed by atoms with Gasteiger partial charge < -0.3 is 29.4 Å². The van der Waals surface area contributed by atoms with Crippen molar-refractivity contribution in [2.45, 2.75) is 92.1 Å². The smallest absolute Gasteiger partial charge is 0.223 e. The molecule has 1 aliphatic carbocycles. The Morgan fingerprint density at radius 2 is 1.77 bits per heavy atom. The molecule has 3 atom stereocenters. The fourth-order valence-corrected chi connectivity index (χ4v) is 4.91. The summed E-state index contributed by atoms with van der Waals surface area (Å²) in [5, 5.41) is 13.9. The zero-order chi connectivity index (χ0) is 29.3. The van der Waals surface area contributed by atoms with E-state index in [1.54, 1.807) is 21.3 Å². The first-order valence-corrected chi connectivity index (χ1v) is 15.0. The standard InChI is InChI=1S/C30H51NO6.C2H6/c1-7-24(29(33)31-20-30(13-14-30)21-35-5)19-26(32)11-10-25(22(2)3)17-23-9-12-27(36-6)28(18-23)37-16-8-15-34-4;1-2/h9,12,18,22,24-26,32H,7-8,10-11,13-17,19-21H2,1-6H3,(H,31,33);1-2H3/t24-,25?,26-;/m1./s1. The molecule has 1 aromatic rings. The van der Waals surface area contributed by atoms with Gasteiger partial charge in [-0.1, -0.05) is 40.7 Å². The summed E-state index contributed by atoms with van der Waals surface area (Å²) >= 11 is 0. The lowest BCUT2D eigenvalue weighted by Crippen LogP contribution is -2.37. The van der Waals surface area contributed by atoms with Gasteiger partial charge in [-0.3, -0.25) is 4.79 Å². The maximum Gasteiger partial charge on any atom is 0.223 e. The SMILES string of the molecule is CC.CC[C@H](C[C@H](O)CCC(Cc1ccc(OC)c(OCCCOC)c1)C(C)C)C(=O)NCC1(COC)CC1. The second kappa shape index (κ2) is 19.3. The number of amides is 1. The Bertz CT molecular complexity index is 795. The molecule has 0 aromatic heterocycles. The molecule has 0 aliphatic heterocycles. The summed E-state index contributed by atoms with van der Waals surface area (Å²) in [6.45, 7) is 13.1. The van der Waals surface area contributed by atoms with E-state index in [1.807, 2.05) is 26.8 Å². The molecule has 1 saturated carbocycles. The van der Waals surface area contributed by atoms with Gasteiger partial charge in [-0.05, 0) is 74.5 Å². The van der Waals surface area contributed by atoms with Crippen molar-refractivity contribution in [3.05, 3.63) is 23.8 Å². The topological polar surface area (TPSA) is 86.3 Å². The van der Waals surface area contributed by atoms with Crippen LogP contribution in [0.3, 0.4) is 0 Å². The summed E-state index contributed by atoms with van der Waals surface area (Å²) in [5.41, 5.74) is 1.33. The zero-order valence-corrected chi connectivity index (χ0v) is 26.0. The fourth-order valence-electron chi connectivity index (χ4n) is 4.91. The van der Waals surface area contributed by atoms with Crippen molar-refractivity contribution in [2.75, 3.05) is 47.7 Å². The quantitative estimate of drug-likeness (QED) is 0.192. The average Bonchev–Trinajstić information content (AvgIpc) is 3.71. The van der Waals surface area contributed by atoms with Crippen LogP contribution in [0.2, 0.25) is 0 Å². The number of hydrogen-bond donors (Lipinski definition) is 2. The number of rotatable bonds is 20. The van der Waals surface area contributed by atoms with Crippen LogP contribution in [0.25, 0.3) is 0 Å². The Labute approximate surface area is 238 Å².